The summed E-state index contributed by atoms with van der Waals surface area (Å²) in [6, 6.07) is 14.7. The predicted molar refractivity (Wildman–Crippen MR) is 114 cm³/mol. The number of amides is 1. The first-order chi connectivity index (χ1) is 14.1. The lowest BCUT2D eigenvalue weighted by molar-refractivity contribution is 0.0252. The van der Waals surface area contributed by atoms with E-state index >= 15 is 0 Å². The quantitative estimate of drug-likeness (QED) is 0.349. The maximum Gasteiger partial charge on any atom is 0.339 e. The zero-order valence-electron chi connectivity index (χ0n) is 15.8. The molecule has 0 radical (unpaired) electrons. The van der Waals surface area contributed by atoms with Crippen LogP contribution in [0.5, 0.6) is 0 Å². The van der Waals surface area contributed by atoms with Gasteiger partial charge in [-0.2, -0.15) is 0 Å². The molecule has 1 aliphatic rings. The van der Waals surface area contributed by atoms with Crippen molar-refractivity contribution in [1.82, 2.24) is 10.2 Å². The van der Waals surface area contributed by atoms with Crippen molar-refractivity contribution < 1.29 is 14.3 Å². The summed E-state index contributed by atoms with van der Waals surface area (Å²) in [7, 11) is 0. The maximum atomic E-state index is 12.7. The van der Waals surface area contributed by atoms with Gasteiger partial charge in [-0.25, -0.2) is 4.79 Å². The molecule has 1 atom stereocenters. The number of cyclic esters (lactones) is 1. The summed E-state index contributed by atoms with van der Waals surface area (Å²) in [5.41, 5.74) is 2.72. The average Bonchev–Trinajstić information content (AvgIpc) is 3.19. The first kappa shape index (κ1) is 19.6. The topological polar surface area (TPSA) is 81.2 Å². The smallest absolute Gasteiger partial charge is 0.339 e. The molecule has 2 heterocycles. The van der Waals surface area contributed by atoms with Crippen LogP contribution in [0.3, 0.4) is 0 Å². The molecule has 6 nitrogen and oxygen atoms in total. The number of carbonyl (C=O) groups excluding carboxylic acids is 2. The van der Waals surface area contributed by atoms with Gasteiger partial charge in [0.05, 0.1) is 5.56 Å². The molecule has 148 valence electrons. The second-order valence-corrected chi connectivity index (χ2v) is 8.88. The van der Waals surface area contributed by atoms with Crippen LogP contribution in [0.1, 0.15) is 51.3 Å². The van der Waals surface area contributed by atoms with Gasteiger partial charge in [0.2, 0.25) is 5.13 Å². The molecule has 0 saturated heterocycles. The molecule has 1 aromatic heterocycles. The van der Waals surface area contributed by atoms with Gasteiger partial charge in [-0.15, -0.1) is 10.2 Å². The van der Waals surface area contributed by atoms with Gasteiger partial charge in [-0.05, 0) is 35.7 Å². The highest BCUT2D eigenvalue weighted by molar-refractivity contribution is 8.01. The average molecular weight is 426 g/mol. The molecule has 1 aliphatic heterocycles. The zero-order valence-corrected chi connectivity index (χ0v) is 17.4. The van der Waals surface area contributed by atoms with Crippen LogP contribution in [0.2, 0.25) is 0 Å². The van der Waals surface area contributed by atoms with Crippen LogP contribution in [0.4, 0.5) is 5.13 Å². The van der Waals surface area contributed by atoms with Crippen LogP contribution in [0.15, 0.2) is 52.9 Å². The number of hydrogen-bond donors (Lipinski definition) is 1. The summed E-state index contributed by atoms with van der Waals surface area (Å²) < 4.78 is 6.41. The second-order valence-electron chi connectivity index (χ2n) is 6.56. The fourth-order valence-electron chi connectivity index (χ4n) is 3.07. The molecule has 3 aromatic rings. The fraction of sp³-hybridized carbons (Fsp3) is 0.238. The Balaban J connectivity index is 1.51. The van der Waals surface area contributed by atoms with E-state index in [2.05, 4.69) is 22.4 Å². The van der Waals surface area contributed by atoms with Gasteiger partial charge < -0.3 is 4.74 Å². The Bertz CT molecular complexity index is 1040. The summed E-state index contributed by atoms with van der Waals surface area (Å²) in [5.74, 6) is 0.325. The molecule has 0 fully saturated rings. The van der Waals surface area contributed by atoms with Crippen molar-refractivity contribution in [1.29, 1.82) is 0 Å². The van der Waals surface area contributed by atoms with Crippen LogP contribution >= 0.6 is 23.1 Å². The van der Waals surface area contributed by atoms with E-state index in [0.29, 0.717) is 22.7 Å². The normalized spacial score (nSPS) is 15.5. The predicted octanol–water partition coefficient (Wildman–Crippen LogP) is 4.75. The molecule has 8 heteroatoms. The Morgan fingerprint density at radius 1 is 1.24 bits per heavy atom. The molecule has 0 bridgehead atoms. The van der Waals surface area contributed by atoms with E-state index in [9.17, 15) is 9.59 Å². The summed E-state index contributed by atoms with van der Waals surface area (Å²) in [4.78, 5) is 25.0. The molecular formula is C21H19N3O3S2. The summed E-state index contributed by atoms with van der Waals surface area (Å²) >= 11 is 2.98. The van der Waals surface area contributed by atoms with Gasteiger partial charge >= 0.3 is 5.97 Å². The van der Waals surface area contributed by atoms with Crippen molar-refractivity contribution in [2.75, 3.05) is 11.1 Å². The second kappa shape index (κ2) is 8.75. The maximum absolute atomic E-state index is 12.7. The number of esters is 1. The molecule has 0 saturated carbocycles. The van der Waals surface area contributed by atoms with Crippen LogP contribution in [0, 0.1) is 0 Å². The van der Waals surface area contributed by atoms with E-state index in [1.54, 1.807) is 30.0 Å². The highest BCUT2D eigenvalue weighted by atomic mass is 32.2. The number of benzene rings is 2. The van der Waals surface area contributed by atoms with E-state index in [4.69, 9.17) is 4.74 Å². The van der Waals surface area contributed by atoms with E-state index in [0.717, 1.165) is 27.6 Å². The van der Waals surface area contributed by atoms with Crippen molar-refractivity contribution in [2.24, 2.45) is 0 Å². The fourth-order valence-corrected chi connectivity index (χ4v) is 4.74. The van der Waals surface area contributed by atoms with Crippen molar-refractivity contribution in [3.05, 3.63) is 70.8 Å². The van der Waals surface area contributed by atoms with Crippen LogP contribution in [0.25, 0.3) is 0 Å². The Labute approximate surface area is 176 Å². The molecule has 29 heavy (non-hydrogen) atoms. The number of carbonyl (C=O) groups is 2. The molecular weight excluding hydrogens is 406 g/mol. The summed E-state index contributed by atoms with van der Waals surface area (Å²) in [5, 5.41) is 11.4. The number of anilines is 1. The summed E-state index contributed by atoms with van der Waals surface area (Å²) in [6.07, 6.45) is 1.23. The van der Waals surface area contributed by atoms with Gasteiger partial charge in [0.1, 0.15) is 6.10 Å². The standard InChI is InChI=1S/C21H19N3O3S2/c1-2-10-28-21-24-23-20(29-21)22-18(25)14-8-9-16-15(11-14)12-17(27-19(16)26)13-6-4-3-5-7-13/h3-9,11,17H,2,10,12H2,1H3,(H,22,23,25). The third kappa shape index (κ3) is 4.49. The minimum Gasteiger partial charge on any atom is -0.454 e. The minimum absolute atomic E-state index is 0.272. The van der Waals surface area contributed by atoms with Crippen molar-refractivity contribution in [3.8, 4) is 0 Å². The van der Waals surface area contributed by atoms with Crippen LogP contribution in [-0.2, 0) is 11.2 Å². The van der Waals surface area contributed by atoms with Crippen molar-refractivity contribution in [3.63, 3.8) is 0 Å². The summed E-state index contributed by atoms with van der Waals surface area (Å²) in [6.45, 7) is 2.10. The molecule has 1 amide bonds. The van der Waals surface area contributed by atoms with Gasteiger partial charge in [-0.1, -0.05) is 60.4 Å². The molecule has 4 rings (SSSR count). The Morgan fingerprint density at radius 3 is 2.86 bits per heavy atom. The van der Waals surface area contributed by atoms with Gasteiger partial charge in [0, 0.05) is 17.7 Å². The number of fused-ring (bicyclic) bond motifs is 1. The number of hydrogen-bond acceptors (Lipinski definition) is 7. The highest BCUT2D eigenvalue weighted by Crippen LogP contribution is 2.31. The third-order valence-electron chi connectivity index (χ3n) is 4.47. The Hall–Kier alpha value is -2.71. The van der Waals surface area contributed by atoms with Gasteiger partial charge in [0.15, 0.2) is 4.34 Å². The Kier molecular flexibility index (Phi) is 5.92. The first-order valence-corrected chi connectivity index (χ1v) is 11.1. The lowest BCUT2D eigenvalue weighted by Crippen LogP contribution is -2.23. The van der Waals surface area contributed by atoms with Gasteiger partial charge in [0.25, 0.3) is 5.91 Å². The van der Waals surface area contributed by atoms with E-state index in [1.165, 1.54) is 11.3 Å². The van der Waals surface area contributed by atoms with Crippen LogP contribution in [-0.4, -0.2) is 27.8 Å². The lowest BCUT2D eigenvalue weighted by Gasteiger charge is -2.25. The number of nitrogens with zero attached hydrogens (tertiary/aromatic N) is 2. The molecule has 1 unspecified atom stereocenters. The SMILES string of the molecule is CCCSc1nnc(NC(=O)c2ccc3c(c2)CC(c2ccccc2)OC3=O)s1. The number of aromatic nitrogens is 2. The Morgan fingerprint density at radius 2 is 2.07 bits per heavy atom. The zero-order chi connectivity index (χ0) is 20.2. The van der Waals surface area contributed by atoms with Crippen LogP contribution < -0.4 is 5.32 Å². The lowest BCUT2D eigenvalue weighted by atomic mass is 9.93. The monoisotopic (exact) mass is 425 g/mol. The molecule has 0 spiro atoms. The highest BCUT2D eigenvalue weighted by Gasteiger charge is 2.28. The van der Waals surface area contributed by atoms with E-state index in [-0.39, 0.29) is 18.0 Å². The van der Waals surface area contributed by atoms with E-state index in [1.807, 2.05) is 30.3 Å². The van der Waals surface area contributed by atoms with E-state index < -0.39 is 0 Å². The van der Waals surface area contributed by atoms with Gasteiger partial charge in [-0.3, -0.25) is 10.1 Å². The number of ether oxygens (including phenoxy) is 1. The van der Waals surface area contributed by atoms with Crippen molar-refractivity contribution in [2.45, 2.75) is 30.2 Å². The molecule has 2 aromatic carbocycles. The third-order valence-corrected chi connectivity index (χ3v) is 6.65. The number of rotatable bonds is 6. The molecule has 0 aliphatic carbocycles. The largest absolute Gasteiger partial charge is 0.454 e. The first-order valence-electron chi connectivity index (χ1n) is 9.30. The number of thioether (sulfide) groups is 1. The molecule has 1 N–H and O–H groups in total. The number of nitrogens with one attached hydrogen (secondary N) is 1. The van der Waals surface area contributed by atoms with Crippen molar-refractivity contribution >= 4 is 40.1 Å². The minimum atomic E-state index is -0.367.